The summed E-state index contributed by atoms with van der Waals surface area (Å²) >= 11 is 0. The van der Waals surface area contributed by atoms with Crippen LogP contribution in [0.3, 0.4) is 0 Å². The highest BCUT2D eigenvalue weighted by Crippen LogP contribution is 2.26. The van der Waals surface area contributed by atoms with Crippen LogP contribution < -0.4 is 4.74 Å². The molecule has 0 bridgehead atoms. The number of carbonyl (C=O) groups is 2. The van der Waals surface area contributed by atoms with Gasteiger partial charge in [0.05, 0.1) is 17.6 Å². The maximum absolute atomic E-state index is 13.5. The Morgan fingerprint density at radius 1 is 1.13 bits per heavy atom. The maximum atomic E-state index is 13.5. The van der Waals surface area contributed by atoms with Gasteiger partial charge in [-0.15, -0.1) is 0 Å². The summed E-state index contributed by atoms with van der Waals surface area (Å²) in [5, 5.41) is 0. The molecule has 0 N–H and O–H groups in total. The molecular weight excluding hydrogens is 413 g/mol. The second-order valence-electron chi connectivity index (χ2n) is 6.82. The minimum atomic E-state index is -3.89. The first-order chi connectivity index (χ1) is 14.3. The highest BCUT2D eigenvalue weighted by molar-refractivity contribution is 7.89. The van der Waals surface area contributed by atoms with Crippen LogP contribution in [-0.4, -0.2) is 50.8 Å². The number of nitrogens with zero attached hydrogens (tertiary/aromatic N) is 1. The van der Waals surface area contributed by atoms with E-state index in [4.69, 9.17) is 9.47 Å². The van der Waals surface area contributed by atoms with Crippen LogP contribution in [0.1, 0.15) is 29.6 Å². The molecule has 1 heterocycles. The largest absolute Gasteiger partial charge is 0.496 e. The molecule has 1 fully saturated rings. The molecule has 0 aliphatic carbocycles. The van der Waals surface area contributed by atoms with Gasteiger partial charge in [0.1, 0.15) is 17.6 Å². The van der Waals surface area contributed by atoms with Gasteiger partial charge in [-0.1, -0.05) is 18.2 Å². The first kappa shape index (κ1) is 21.9. The number of hydrogen-bond donors (Lipinski definition) is 0. The molecule has 1 aliphatic rings. The first-order valence-corrected chi connectivity index (χ1v) is 10.9. The van der Waals surface area contributed by atoms with Crippen molar-refractivity contribution in [1.29, 1.82) is 0 Å². The standard InChI is InChI=1S/C21H22FNO6S/c1-28-20-11-10-15(22)13-17(20)19(24)14-29-21(25)18-9-5-6-12-23(18)30(26,27)16-7-3-2-4-8-16/h2-4,7-8,10-11,13,18H,5-6,9,12,14H2,1H3. The number of halogens is 1. The number of piperidine rings is 1. The summed E-state index contributed by atoms with van der Waals surface area (Å²) in [4.78, 5) is 25.2. The summed E-state index contributed by atoms with van der Waals surface area (Å²) in [5.74, 6) is -1.92. The quantitative estimate of drug-likeness (QED) is 0.491. The Morgan fingerprint density at radius 2 is 1.87 bits per heavy atom. The third-order valence-electron chi connectivity index (χ3n) is 4.88. The molecule has 2 aromatic rings. The average Bonchev–Trinajstić information content (AvgIpc) is 2.77. The van der Waals surface area contributed by atoms with Gasteiger partial charge in [-0.05, 0) is 49.6 Å². The topological polar surface area (TPSA) is 90.0 Å². The predicted molar refractivity (Wildman–Crippen MR) is 106 cm³/mol. The Labute approximate surface area is 174 Å². The van der Waals surface area contributed by atoms with E-state index in [1.165, 1.54) is 25.3 Å². The van der Waals surface area contributed by atoms with Crippen molar-refractivity contribution in [3.63, 3.8) is 0 Å². The fourth-order valence-electron chi connectivity index (χ4n) is 3.36. The van der Waals surface area contributed by atoms with Crippen molar-refractivity contribution in [2.45, 2.75) is 30.2 Å². The molecule has 0 amide bonds. The van der Waals surface area contributed by atoms with E-state index in [9.17, 15) is 22.4 Å². The van der Waals surface area contributed by atoms with Crippen LogP contribution in [0, 0.1) is 5.82 Å². The summed E-state index contributed by atoms with van der Waals surface area (Å²) in [5.41, 5.74) is -0.0530. The van der Waals surface area contributed by atoms with Crippen LogP contribution in [0.2, 0.25) is 0 Å². The number of Topliss-reactive ketones (excluding diaryl/α,β-unsaturated/α-hetero) is 1. The average molecular weight is 435 g/mol. The highest BCUT2D eigenvalue weighted by Gasteiger charge is 2.38. The van der Waals surface area contributed by atoms with E-state index in [0.29, 0.717) is 19.3 Å². The van der Waals surface area contributed by atoms with Crippen molar-refractivity contribution in [2.75, 3.05) is 20.3 Å². The summed E-state index contributed by atoms with van der Waals surface area (Å²) in [6, 6.07) is 10.3. The van der Waals surface area contributed by atoms with Crippen LogP contribution in [0.15, 0.2) is 53.4 Å². The second-order valence-corrected chi connectivity index (χ2v) is 8.71. The van der Waals surface area contributed by atoms with Crippen molar-refractivity contribution in [2.24, 2.45) is 0 Å². The minimum absolute atomic E-state index is 0.0530. The second kappa shape index (κ2) is 9.36. The number of hydrogen-bond acceptors (Lipinski definition) is 6. The first-order valence-electron chi connectivity index (χ1n) is 9.45. The Hall–Kier alpha value is -2.78. The number of ether oxygens (including phenoxy) is 2. The van der Waals surface area contributed by atoms with Crippen LogP contribution >= 0.6 is 0 Å². The molecular formula is C21H22FNO6S. The molecule has 30 heavy (non-hydrogen) atoms. The molecule has 3 rings (SSSR count). The van der Waals surface area contributed by atoms with Gasteiger partial charge in [0, 0.05) is 6.54 Å². The van der Waals surface area contributed by atoms with Crippen molar-refractivity contribution in [3.05, 3.63) is 59.9 Å². The van der Waals surface area contributed by atoms with Crippen molar-refractivity contribution < 1.29 is 31.9 Å². The summed E-state index contributed by atoms with van der Waals surface area (Å²) in [6.07, 6.45) is 1.57. The number of esters is 1. The van der Waals surface area contributed by atoms with Gasteiger partial charge in [0.2, 0.25) is 15.8 Å². The Kier molecular flexibility index (Phi) is 6.84. The Bertz CT molecular complexity index is 1030. The normalized spacial score (nSPS) is 17.3. The van der Waals surface area contributed by atoms with Crippen LogP contribution in [-0.2, 0) is 19.6 Å². The number of sulfonamides is 1. The SMILES string of the molecule is COc1ccc(F)cc1C(=O)COC(=O)C1CCCCN1S(=O)(=O)c1ccccc1. The van der Waals surface area contributed by atoms with Gasteiger partial charge >= 0.3 is 5.97 Å². The van der Waals surface area contributed by atoms with Crippen LogP contribution in [0.4, 0.5) is 4.39 Å². The fourth-order valence-corrected chi connectivity index (χ4v) is 5.03. The van der Waals surface area contributed by atoms with Gasteiger partial charge in [0.15, 0.2) is 6.61 Å². The fraction of sp³-hybridized carbons (Fsp3) is 0.333. The number of carbonyl (C=O) groups excluding carboxylic acids is 2. The van der Waals surface area contributed by atoms with Gasteiger partial charge in [-0.2, -0.15) is 4.31 Å². The summed E-state index contributed by atoms with van der Waals surface area (Å²) in [6.45, 7) is -0.461. The molecule has 0 saturated carbocycles. The summed E-state index contributed by atoms with van der Waals surface area (Å²) < 4.78 is 50.7. The highest BCUT2D eigenvalue weighted by atomic mass is 32.2. The zero-order valence-corrected chi connectivity index (χ0v) is 17.2. The van der Waals surface area contributed by atoms with Crippen LogP contribution in [0.5, 0.6) is 5.75 Å². The van der Waals surface area contributed by atoms with Crippen LogP contribution in [0.25, 0.3) is 0 Å². The number of ketones is 1. The lowest BCUT2D eigenvalue weighted by Gasteiger charge is -2.32. The maximum Gasteiger partial charge on any atom is 0.324 e. The molecule has 1 unspecified atom stereocenters. The molecule has 2 aromatic carbocycles. The van der Waals surface area contributed by atoms with Gasteiger partial charge in [-0.3, -0.25) is 9.59 Å². The Morgan fingerprint density at radius 3 is 2.57 bits per heavy atom. The zero-order chi connectivity index (χ0) is 21.7. The number of benzene rings is 2. The predicted octanol–water partition coefficient (Wildman–Crippen LogP) is 2.80. The van der Waals surface area contributed by atoms with Crippen molar-refractivity contribution in [1.82, 2.24) is 4.31 Å². The third-order valence-corrected chi connectivity index (χ3v) is 6.81. The van der Waals surface area contributed by atoms with E-state index < -0.39 is 40.2 Å². The lowest BCUT2D eigenvalue weighted by atomic mass is 10.1. The van der Waals surface area contributed by atoms with Crippen molar-refractivity contribution >= 4 is 21.8 Å². The number of methoxy groups -OCH3 is 1. The van der Waals surface area contributed by atoms with Gasteiger partial charge < -0.3 is 9.47 Å². The molecule has 0 aromatic heterocycles. The molecule has 0 spiro atoms. The number of rotatable bonds is 7. The molecule has 160 valence electrons. The Balaban J connectivity index is 1.74. The van der Waals surface area contributed by atoms with Gasteiger partial charge in [-0.25, -0.2) is 12.8 Å². The van der Waals surface area contributed by atoms with E-state index in [0.717, 1.165) is 16.4 Å². The zero-order valence-electron chi connectivity index (χ0n) is 16.4. The van der Waals surface area contributed by atoms with Gasteiger partial charge in [0.25, 0.3) is 0 Å². The summed E-state index contributed by atoms with van der Waals surface area (Å²) in [7, 11) is -2.55. The van der Waals surface area contributed by atoms with E-state index in [2.05, 4.69) is 0 Å². The lowest BCUT2D eigenvalue weighted by Crippen LogP contribution is -2.48. The molecule has 0 radical (unpaired) electrons. The van der Waals surface area contributed by atoms with E-state index in [-0.39, 0.29) is 22.8 Å². The monoisotopic (exact) mass is 435 g/mol. The molecule has 9 heteroatoms. The van der Waals surface area contributed by atoms with E-state index >= 15 is 0 Å². The molecule has 1 aliphatic heterocycles. The lowest BCUT2D eigenvalue weighted by molar-refractivity contribution is -0.148. The van der Waals surface area contributed by atoms with E-state index in [1.807, 2.05) is 0 Å². The minimum Gasteiger partial charge on any atom is -0.496 e. The molecule has 7 nitrogen and oxygen atoms in total. The molecule has 1 atom stereocenters. The smallest absolute Gasteiger partial charge is 0.324 e. The molecule has 1 saturated heterocycles. The third kappa shape index (κ3) is 4.68. The van der Waals surface area contributed by atoms with E-state index in [1.54, 1.807) is 18.2 Å². The van der Waals surface area contributed by atoms with Crippen molar-refractivity contribution in [3.8, 4) is 5.75 Å².